The van der Waals surface area contributed by atoms with E-state index in [1.165, 1.54) is 18.2 Å². The summed E-state index contributed by atoms with van der Waals surface area (Å²) in [6, 6.07) is 4.05. The first-order valence-electron chi connectivity index (χ1n) is 7.66. The van der Waals surface area contributed by atoms with Gasteiger partial charge in [0, 0.05) is 19.7 Å². The number of carbonyl (C=O) groups is 1. The number of carboxylic acid groups (broad SMARTS) is 1. The van der Waals surface area contributed by atoms with E-state index in [0.717, 1.165) is 12.8 Å². The van der Waals surface area contributed by atoms with E-state index in [2.05, 4.69) is 10.0 Å². The minimum atomic E-state index is -3.77. The lowest BCUT2D eigenvalue weighted by Gasteiger charge is -2.16. The first kappa shape index (κ1) is 17.7. The zero-order chi connectivity index (χ0) is 16.9. The molecule has 7 nitrogen and oxygen atoms in total. The molecular weight excluding hydrogens is 320 g/mol. The average molecular weight is 342 g/mol. The fourth-order valence-electron chi connectivity index (χ4n) is 2.37. The lowest BCUT2D eigenvalue weighted by atomic mass is 10.2. The zero-order valence-electron chi connectivity index (χ0n) is 13.0. The highest BCUT2D eigenvalue weighted by Gasteiger charge is 2.22. The molecule has 1 aromatic rings. The van der Waals surface area contributed by atoms with Crippen LogP contribution in [0.4, 0.5) is 5.69 Å². The number of ether oxygens (including phenoxy) is 1. The second kappa shape index (κ2) is 7.76. The molecule has 0 unspecified atom stereocenters. The Hall–Kier alpha value is -1.64. The number of benzene rings is 1. The van der Waals surface area contributed by atoms with Gasteiger partial charge >= 0.3 is 5.97 Å². The van der Waals surface area contributed by atoms with Crippen molar-refractivity contribution in [1.82, 2.24) is 4.72 Å². The molecule has 0 spiro atoms. The van der Waals surface area contributed by atoms with Crippen molar-refractivity contribution in [3.63, 3.8) is 0 Å². The van der Waals surface area contributed by atoms with Gasteiger partial charge in [0.15, 0.2) is 0 Å². The second-order valence-electron chi connectivity index (χ2n) is 5.43. The van der Waals surface area contributed by atoms with Gasteiger partial charge in [-0.15, -0.1) is 0 Å². The normalized spacial score (nSPS) is 18.0. The van der Waals surface area contributed by atoms with Gasteiger partial charge in [0.1, 0.15) is 4.90 Å². The smallest absolute Gasteiger partial charge is 0.335 e. The van der Waals surface area contributed by atoms with Crippen LogP contribution in [0.2, 0.25) is 0 Å². The van der Waals surface area contributed by atoms with Crippen LogP contribution in [-0.4, -0.2) is 45.3 Å². The van der Waals surface area contributed by atoms with Gasteiger partial charge in [-0.05, 0) is 37.5 Å². The third-order valence-electron chi connectivity index (χ3n) is 3.60. The number of nitrogens with one attached hydrogen (secondary N) is 2. The van der Waals surface area contributed by atoms with Crippen molar-refractivity contribution >= 4 is 21.7 Å². The van der Waals surface area contributed by atoms with Gasteiger partial charge in [0.05, 0.1) is 17.4 Å². The third-order valence-corrected chi connectivity index (χ3v) is 5.11. The highest BCUT2D eigenvalue weighted by atomic mass is 32.2. The molecule has 0 amide bonds. The van der Waals surface area contributed by atoms with Crippen LogP contribution in [0, 0.1) is 0 Å². The van der Waals surface area contributed by atoms with Crippen molar-refractivity contribution in [3.05, 3.63) is 23.8 Å². The highest BCUT2D eigenvalue weighted by Crippen LogP contribution is 2.24. The fraction of sp³-hybridized carbons (Fsp3) is 0.533. The Bertz CT molecular complexity index is 654. The maximum absolute atomic E-state index is 12.4. The highest BCUT2D eigenvalue weighted by molar-refractivity contribution is 7.89. The van der Waals surface area contributed by atoms with Gasteiger partial charge in [0.2, 0.25) is 10.0 Å². The summed E-state index contributed by atoms with van der Waals surface area (Å²) in [5.41, 5.74) is 0.318. The Labute approximate surface area is 136 Å². The van der Waals surface area contributed by atoms with E-state index < -0.39 is 16.0 Å². The maximum Gasteiger partial charge on any atom is 0.335 e. The van der Waals surface area contributed by atoms with E-state index in [9.17, 15) is 13.2 Å². The number of hydrogen-bond acceptors (Lipinski definition) is 5. The SMILES string of the molecule is CCCNS(=O)(=O)c1cc(C(=O)O)ccc1NC[C@H]1CCCO1. The topological polar surface area (TPSA) is 105 Å². The van der Waals surface area contributed by atoms with Gasteiger partial charge in [-0.2, -0.15) is 0 Å². The molecule has 0 aliphatic carbocycles. The number of carboxylic acids is 1. The zero-order valence-corrected chi connectivity index (χ0v) is 13.9. The molecule has 0 saturated carbocycles. The first-order chi connectivity index (χ1) is 10.9. The van der Waals surface area contributed by atoms with Crippen LogP contribution in [0.3, 0.4) is 0 Å². The van der Waals surface area contributed by atoms with Crippen molar-refractivity contribution in [1.29, 1.82) is 0 Å². The molecule has 0 radical (unpaired) electrons. The first-order valence-corrected chi connectivity index (χ1v) is 9.15. The molecule has 1 fully saturated rings. The van der Waals surface area contributed by atoms with Crippen molar-refractivity contribution in [2.24, 2.45) is 0 Å². The van der Waals surface area contributed by atoms with Gasteiger partial charge in [-0.25, -0.2) is 17.9 Å². The molecule has 1 atom stereocenters. The molecule has 1 aromatic carbocycles. The van der Waals surface area contributed by atoms with Crippen LogP contribution in [0.15, 0.2) is 23.1 Å². The van der Waals surface area contributed by atoms with E-state index in [1.807, 2.05) is 6.92 Å². The number of sulfonamides is 1. The Morgan fingerprint density at radius 2 is 2.22 bits per heavy atom. The van der Waals surface area contributed by atoms with Gasteiger partial charge in [-0.3, -0.25) is 0 Å². The molecule has 8 heteroatoms. The number of anilines is 1. The van der Waals surface area contributed by atoms with Gasteiger partial charge in [-0.1, -0.05) is 6.92 Å². The molecule has 1 aliphatic heterocycles. The Morgan fingerprint density at radius 1 is 1.43 bits per heavy atom. The van der Waals surface area contributed by atoms with Crippen LogP contribution >= 0.6 is 0 Å². The van der Waals surface area contributed by atoms with E-state index in [0.29, 0.717) is 31.8 Å². The molecule has 3 N–H and O–H groups in total. The Kier molecular flexibility index (Phi) is 5.97. The van der Waals surface area contributed by atoms with Crippen molar-refractivity contribution < 1.29 is 23.1 Å². The average Bonchev–Trinajstić information content (AvgIpc) is 3.04. The summed E-state index contributed by atoms with van der Waals surface area (Å²) in [5.74, 6) is -1.16. The Morgan fingerprint density at radius 3 is 2.83 bits per heavy atom. The molecule has 23 heavy (non-hydrogen) atoms. The monoisotopic (exact) mass is 342 g/mol. The summed E-state index contributed by atoms with van der Waals surface area (Å²) in [4.78, 5) is 11.1. The summed E-state index contributed by atoms with van der Waals surface area (Å²) >= 11 is 0. The third kappa shape index (κ3) is 4.66. The summed E-state index contributed by atoms with van der Waals surface area (Å²) in [6.45, 7) is 3.35. The van der Waals surface area contributed by atoms with Gasteiger partial charge < -0.3 is 15.2 Å². The predicted molar refractivity (Wildman–Crippen MR) is 86.3 cm³/mol. The minimum Gasteiger partial charge on any atom is -0.478 e. The lowest BCUT2D eigenvalue weighted by molar-refractivity contribution is 0.0696. The second-order valence-corrected chi connectivity index (χ2v) is 7.17. The van der Waals surface area contributed by atoms with Crippen molar-refractivity contribution in [2.45, 2.75) is 37.2 Å². The van der Waals surface area contributed by atoms with Crippen LogP contribution < -0.4 is 10.0 Å². The van der Waals surface area contributed by atoms with Crippen molar-refractivity contribution in [3.8, 4) is 0 Å². The summed E-state index contributed by atoms with van der Waals surface area (Å²) < 4.78 is 32.8. The van der Waals surface area contributed by atoms with Crippen LogP contribution in [0.25, 0.3) is 0 Å². The largest absolute Gasteiger partial charge is 0.478 e. The van der Waals surface area contributed by atoms with Crippen LogP contribution in [-0.2, 0) is 14.8 Å². The molecule has 0 aromatic heterocycles. The molecular formula is C15H22N2O5S. The van der Waals surface area contributed by atoms with E-state index in [-0.39, 0.29) is 16.6 Å². The molecule has 1 heterocycles. The summed E-state index contributed by atoms with van der Waals surface area (Å²) in [5, 5.41) is 12.2. The molecule has 1 saturated heterocycles. The van der Waals surface area contributed by atoms with E-state index in [4.69, 9.17) is 9.84 Å². The van der Waals surface area contributed by atoms with Gasteiger partial charge in [0.25, 0.3) is 0 Å². The maximum atomic E-state index is 12.4. The number of hydrogen-bond donors (Lipinski definition) is 3. The molecule has 2 rings (SSSR count). The predicted octanol–water partition coefficient (Wildman–Crippen LogP) is 1.66. The summed E-state index contributed by atoms with van der Waals surface area (Å²) in [7, 11) is -3.77. The fourth-order valence-corrected chi connectivity index (χ4v) is 3.71. The van der Waals surface area contributed by atoms with E-state index in [1.54, 1.807) is 0 Å². The molecule has 1 aliphatic rings. The van der Waals surface area contributed by atoms with Crippen LogP contribution in [0.5, 0.6) is 0 Å². The van der Waals surface area contributed by atoms with Crippen molar-refractivity contribution in [2.75, 3.05) is 25.0 Å². The summed E-state index contributed by atoms with van der Waals surface area (Å²) in [6.07, 6.45) is 2.62. The van der Waals surface area contributed by atoms with Crippen LogP contribution in [0.1, 0.15) is 36.5 Å². The van der Waals surface area contributed by atoms with E-state index >= 15 is 0 Å². The lowest BCUT2D eigenvalue weighted by Crippen LogP contribution is -2.27. The number of rotatable bonds is 8. The molecule has 128 valence electrons. The minimum absolute atomic E-state index is 0.0494. The molecule has 0 bridgehead atoms. The standard InChI is InChI=1S/C15H22N2O5S/c1-2-7-17-23(20,21)14-9-11(15(18)19)5-6-13(14)16-10-12-4-3-8-22-12/h5-6,9,12,16-17H,2-4,7-8,10H2,1H3,(H,18,19)/t12-/m1/s1. The number of aromatic carboxylic acids is 1. The Balaban J connectivity index is 2.26. The quantitative estimate of drug-likeness (QED) is 0.664.